The van der Waals surface area contributed by atoms with Gasteiger partial charge in [0.2, 0.25) is 5.91 Å². The molecule has 4 rings (SSSR count). The lowest BCUT2D eigenvalue weighted by molar-refractivity contribution is -0.137. The van der Waals surface area contributed by atoms with E-state index in [0.29, 0.717) is 62.8 Å². The molecule has 2 N–H and O–H groups in total. The summed E-state index contributed by atoms with van der Waals surface area (Å²) in [7, 11) is 0. The summed E-state index contributed by atoms with van der Waals surface area (Å²) in [5, 5.41) is 1.74. The zero-order valence-corrected chi connectivity index (χ0v) is 15.9. The highest BCUT2D eigenvalue weighted by atomic mass is 32.1. The van der Waals surface area contributed by atoms with Gasteiger partial charge in [-0.15, -0.1) is 11.3 Å². The predicted octanol–water partition coefficient (Wildman–Crippen LogP) is 3.27. The van der Waals surface area contributed by atoms with Crippen molar-refractivity contribution in [3.05, 3.63) is 45.1 Å². The second-order valence-corrected chi connectivity index (χ2v) is 7.89. The van der Waals surface area contributed by atoms with Crippen LogP contribution in [0.15, 0.2) is 23.6 Å². The highest BCUT2D eigenvalue weighted by Gasteiger charge is 2.33. The molecule has 1 saturated heterocycles. The van der Waals surface area contributed by atoms with Crippen molar-refractivity contribution in [2.75, 3.05) is 42.6 Å². The van der Waals surface area contributed by atoms with Crippen LogP contribution in [0.1, 0.15) is 26.4 Å². The number of fused-ring (bicyclic) bond motifs is 1. The molecular formula is C19H20F3N3O2S. The Morgan fingerprint density at radius 1 is 1.07 bits per heavy atom. The van der Waals surface area contributed by atoms with E-state index in [4.69, 9.17) is 10.5 Å². The van der Waals surface area contributed by atoms with Crippen LogP contribution >= 0.6 is 11.3 Å². The Morgan fingerprint density at radius 3 is 2.39 bits per heavy atom. The number of anilines is 2. The van der Waals surface area contributed by atoms with Crippen LogP contribution < -0.4 is 15.5 Å². The number of alkyl halides is 3. The predicted molar refractivity (Wildman–Crippen MR) is 102 cm³/mol. The Kier molecular flexibility index (Phi) is 4.96. The molecule has 2 aliphatic rings. The molecule has 1 aromatic heterocycles. The summed E-state index contributed by atoms with van der Waals surface area (Å²) in [5.74, 6) is -0.459. The molecule has 0 aliphatic carbocycles. The first-order chi connectivity index (χ1) is 13.3. The monoisotopic (exact) mass is 411 g/mol. The average molecular weight is 411 g/mol. The number of ether oxygens (including phenoxy) is 1. The van der Waals surface area contributed by atoms with E-state index in [0.717, 1.165) is 10.4 Å². The zero-order valence-electron chi connectivity index (χ0n) is 15.1. The van der Waals surface area contributed by atoms with Crippen LogP contribution in [-0.2, 0) is 23.9 Å². The van der Waals surface area contributed by atoms with Crippen molar-refractivity contribution in [2.24, 2.45) is 5.73 Å². The van der Waals surface area contributed by atoms with Crippen LogP contribution in [-0.4, -0.2) is 38.8 Å². The molecule has 1 aromatic carbocycles. The van der Waals surface area contributed by atoms with Crippen molar-refractivity contribution in [3.8, 4) is 0 Å². The van der Waals surface area contributed by atoms with Gasteiger partial charge in [0.1, 0.15) is 0 Å². The fourth-order valence-corrected chi connectivity index (χ4v) is 4.80. The molecule has 2 aromatic rings. The number of carbonyl (C=O) groups excluding carboxylic acids is 1. The molecule has 2 aliphatic heterocycles. The number of amides is 1. The number of hydrogen-bond donors (Lipinski definition) is 1. The number of halogens is 3. The van der Waals surface area contributed by atoms with E-state index in [9.17, 15) is 18.0 Å². The van der Waals surface area contributed by atoms with Gasteiger partial charge in [0.05, 0.1) is 30.9 Å². The van der Waals surface area contributed by atoms with Gasteiger partial charge < -0.3 is 20.3 Å². The number of carbonyl (C=O) groups is 1. The molecule has 28 heavy (non-hydrogen) atoms. The van der Waals surface area contributed by atoms with E-state index >= 15 is 0 Å². The van der Waals surface area contributed by atoms with Gasteiger partial charge in [-0.2, -0.15) is 13.2 Å². The van der Waals surface area contributed by atoms with Crippen molar-refractivity contribution < 1.29 is 22.7 Å². The normalized spacial score (nSPS) is 17.5. The van der Waals surface area contributed by atoms with Gasteiger partial charge in [-0.1, -0.05) is 0 Å². The fourth-order valence-electron chi connectivity index (χ4n) is 3.70. The molecule has 1 amide bonds. The quantitative estimate of drug-likeness (QED) is 0.842. The maximum absolute atomic E-state index is 13.5. The lowest BCUT2D eigenvalue weighted by Gasteiger charge is -2.33. The Hall–Kier alpha value is -2.26. The zero-order chi connectivity index (χ0) is 19.9. The fraction of sp³-hybridized carbons (Fsp3) is 0.421. The number of morpholine rings is 1. The summed E-state index contributed by atoms with van der Waals surface area (Å²) < 4.78 is 45.8. The second kappa shape index (κ2) is 7.29. The van der Waals surface area contributed by atoms with Gasteiger partial charge in [0.15, 0.2) is 0 Å². The standard InChI is InChI=1S/C19H20F3N3O2S/c20-19(21,22)12-7-13(24-3-5-27-6-4-24)9-14(8-12)25-2-1-15-16(18(23)26)11-28-17(15)10-25/h7-9,11H,1-6,10H2,(H2,23,26). The smallest absolute Gasteiger partial charge is 0.378 e. The molecule has 3 heterocycles. The lowest BCUT2D eigenvalue weighted by Crippen LogP contribution is -2.36. The number of thiophene rings is 1. The molecule has 0 atom stereocenters. The summed E-state index contributed by atoms with van der Waals surface area (Å²) in [4.78, 5) is 16.4. The molecule has 150 valence electrons. The van der Waals surface area contributed by atoms with Crippen molar-refractivity contribution >= 4 is 28.6 Å². The third-order valence-corrected chi connectivity index (χ3v) is 6.20. The number of hydrogen-bond acceptors (Lipinski definition) is 5. The number of nitrogens with zero attached hydrogens (tertiary/aromatic N) is 2. The largest absolute Gasteiger partial charge is 0.416 e. The van der Waals surface area contributed by atoms with Crippen molar-refractivity contribution in [1.82, 2.24) is 0 Å². The van der Waals surface area contributed by atoms with Crippen LogP contribution in [0.3, 0.4) is 0 Å². The highest BCUT2D eigenvalue weighted by molar-refractivity contribution is 7.10. The first-order valence-corrected chi connectivity index (χ1v) is 9.90. The summed E-state index contributed by atoms with van der Waals surface area (Å²) >= 11 is 1.43. The van der Waals surface area contributed by atoms with E-state index in [1.165, 1.54) is 23.5 Å². The molecular weight excluding hydrogens is 391 g/mol. The van der Waals surface area contributed by atoms with E-state index in [-0.39, 0.29) is 0 Å². The van der Waals surface area contributed by atoms with E-state index in [1.54, 1.807) is 5.38 Å². The molecule has 1 fully saturated rings. The SMILES string of the molecule is NC(=O)c1csc2c1CCN(c1cc(N3CCOCC3)cc(C(F)(F)F)c1)C2. The number of rotatable bonds is 3. The van der Waals surface area contributed by atoms with Gasteiger partial charge in [0.25, 0.3) is 0 Å². The minimum absolute atomic E-state index is 0.459. The third-order valence-electron chi connectivity index (χ3n) is 5.18. The Morgan fingerprint density at radius 2 is 1.75 bits per heavy atom. The topological polar surface area (TPSA) is 58.8 Å². The Bertz CT molecular complexity index is 891. The van der Waals surface area contributed by atoms with Crippen LogP contribution in [0.25, 0.3) is 0 Å². The first-order valence-electron chi connectivity index (χ1n) is 9.02. The molecule has 5 nitrogen and oxygen atoms in total. The van der Waals surface area contributed by atoms with E-state index in [1.807, 2.05) is 15.9 Å². The minimum atomic E-state index is -4.42. The summed E-state index contributed by atoms with van der Waals surface area (Å²) in [5.41, 5.74) is 7.31. The second-order valence-electron chi connectivity index (χ2n) is 6.92. The van der Waals surface area contributed by atoms with E-state index in [2.05, 4.69) is 0 Å². The maximum atomic E-state index is 13.5. The van der Waals surface area contributed by atoms with Crippen molar-refractivity contribution in [3.63, 3.8) is 0 Å². The molecule has 0 unspecified atom stereocenters. The third kappa shape index (κ3) is 3.68. The number of benzene rings is 1. The van der Waals surface area contributed by atoms with E-state index < -0.39 is 17.6 Å². The van der Waals surface area contributed by atoms with Gasteiger partial charge in [-0.25, -0.2) is 0 Å². The lowest BCUT2D eigenvalue weighted by atomic mass is 10.0. The van der Waals surface area contributed by atoms with Gasteiger partial charge in [0, 0.05) is 41.3 Å². The molecule has 0 spiro atoms. The van der Waals surface area contributed by atoms with Gasteiger partial charge >= 0.3 is 6.18 Å². The van der Waals surface area contributed by atoms with Crippen LogP contribution in [0, 0.1) is 0 Å². The van der Waals surface area contributed by atoms with Crippen LogP contribution in [0.4, 0.5) is 24.5 Å². The Balaban J connectivity index is 1.67. The molecule has 9 heteroatoms. The van der Waals surface area contributed by atoms with Crippen molar-refractivity contribution in [1.29, 1.82) is 0 Å². The van der Waals surface area contributed by atoms with Crippen molar-refractivity contribution in [2.45, 2.75) is 19.1 Å². The summed E-state index contributed by atoms with van der Waals surface area (Å²) in [6, 6.07) is 4.23. The average Bonchev–Trinajstić information content (AvgIpc) is 3.11. The van der Waals surface area contributed by atoms with Gasteiger partial charge in [-0.3, -0.25) is 4.79 Å². The summed E-state index contributed by atoms with van der Waals surface area (Å²) in [6.07, 6.45) is -3.83. The number of nitrogens with two attached hydrogens (primary N) is 1. The minimum Gasteiger partial charge on any atom is -0.378 e. The Labute approximate surface area is 164 Å². The van der Waals surface area contributed by atoms with Crippen LogP contribution in [0.5, 0.6) is 0 Å². The van der Waals surface area contributed by atoms with Gasteiger partial charge in [-0.05, 0) is 30.2 Å². The molecule has 0 bridgehead atoms. The summed E-state index contributed by atoms with van der Waals surface area (Å²) in [6.45, 7) is 3.15. The maximum Gasteiger partial charge on any atom is 0.416 e. The van der Waals surface area contributed by atoms with Crippen LogP contribution in [0.2, 0.25) is 0 Å². The number of primary amides is 1. The molecule has 0 radical (unpaired) electrons. The first kappa shape index (κ1) is 19.1. The highest BCUT2D eigenvalue weighted by Crippen LogP contribution is 2.38. The molecule has 0 saturated carbocycles.